The maximum atomic E-state index is 13.2. The van der Waals surface area contributed by atoms with E-state index < -0.39 is 28.8 Å². The number of anilines is 3. The summed E-state index contributed by atoms with van der Waals surface area (Å²) in [5.41, 5.74) is -0.714. The van der Waals surface area contributed by atoms with Gasteiger partial charge in [-0.25, -0.2) is 0 Å². The minimum absolute atomic E-state index is 0.0436. The van der Waals surface area contributed by atoms with Crippen molar-refractivity contribution in [3.63, 3.8) is 0 Å². The van der Waals surface area contributed by atoms with Crippen molar-refractivity contribution in [3.8, 4) is 0 Å². The van der Waals surface area contributed by atoms with Crippen LogP contribution in [0.2, 0.25) is 0 Å². The van der Waals surface area contributed by atoms with Crippen LogP contribution >= 0.6 is 11.8 Å². The van der Waals surface area contributed by atoms with Crippen LogP contribution in [0.15, 0.2) is 23.4 Å². The van der Waals surface area contributed by atoms with Gasteiger partial charge in [-0.05, 0) is 32.0 Å². The summed E-state index contributed by atoms with van der Waals surface area (Å²) in [6.07, 6.45) is -4.56. The number of fused-ring (bicyclic) bond motifs is 1. The number of amides is 2. The second-order valence-corrected chi connectivity index (χ2v) is 8.90. The van der Waals surface area contributed by atoms with E-state index >= 15 is 0 Å². The number of benzene rings is 1. The van der Waals surface area contributed by atoms with Crippen LogP contribution in [0.4, 0.5) is 30.5 Å². The van der Waals surface area contributed by atoms with Crippen molar-refractivity contribution in [2.75, 3.05) is 48.0 Å². The van der Waals surface area contributed by atoms with Crippen molar-refractivity contribution in [2.24, 2.45) is 0 Å². The van der Waals surface area contributed by atoms with Gasteiger partial charge < -0.3 is 15.0 Å². The van der Waals surface area contributed by atoms with Gasteiger partial charge in [0.15, 0.2) is 5.16 Å². The Morgan fingerprint density at radius 2 is 2.00 bits per heavy atom. The lowest BCUT2D eigenvalue weighted by molar-refractivity contribution is -0.137. The first-order valence-electron chi connectivity index (χ1n) is 10.4. The lowest BCUT2D eigenvalue weighted by Gasteiger charge is -2.31. The molecular formula is C20H23F3N6O3S. The highest BCUT2D eigenvalue weighted by Crippen LogP contribution is 2.38. The second-order valence-electron chi connectivity index (χ2n) is 7.59. The molecule has 2 aromatic rings. The third-order valence-corrected chi connectivity index (χ3v) is 6.46. The Bertz CT molecular complexity index is 1050. The number of halogens is 3. The van der Waals surface area contributed by atoms with E-state index in [1.165, 1.54) is 22.7 Å². The molecule has 1 atom stereocenters. The molecule has 9 nitrogen and oxygen atoms in total. The van der Waals surface area contributed by atoms with Gasteiger partial charge in [0.2, 0.25) is 17.8 Å². The largest absolute Gasteiger partial charge is 0.416 e. The van der Waals surface area contributed by atoms with Gasteiger partial charge in [-0.1, -0.05) is 11.8 Å². The third-order valence-electron chi connectivity index (χ3n) is 5.39. The van der Waals surface area contributed by atoms with E-state index in [1.54, 1.807) is 6.92 Å². The maximum absolute atomic E-state index is 13.2. The topological polar surface area (TPSA) is 92.6 Å². The van der Waals surface area contributed by atoms with Gasteiger partial charge in [0, 0.05) is 19.6 Å². The first-order chi connectivity index (χ1) is 15.7. The Balaban J connectivity index is 1.55. The van der Waals surface area contributed by atoms with Crippen LogP contribution in [0, 0.1) is 0 Å². The highest BCUT2D eigenvalue weighted by molar-refractivity contribution is 8.00. The number of carbonyl (C=O) groups is 2. The number of nitrogens with one attached hydrogen (secondary N) is 1. The molecule has 0 saturated carbocycles. The van der Waals surface area contributed by atoms with E-state index in [0.29, 0.717) is 44.0 Å². The minimum Gasteiger partial charge on any atom is -0.378 e. The zero-order valence-electron chi connectivity index (χ0n) is 18.1. The fraction of sp³-hybridized carbons (Fsp3) is 0.500. The van der Waals surface area contributed by atoms with E-state index in [4.69, 9.17) is 4.74 Å². The van der Waals surface area contributed by atoms with Crippen LogP contribution in [0.5, 0.6) is 0 Å². The van der Waals surface area contributed by atoms with Gasteiger partial charge in [0.05, 0.1) is 35.4 Å². The van der Waals surface area contributed by atoms with Crippen molar-refractivity contribution >= 4 is 40.9 Å². The summed E-state index contributed by atoms with van der Waals surface area (Å²) < 4.78 is 46.5. The van der Waals surface area contributed by atoms with Crippen LogP contribution in [-0.2, 0) is 27.0 Å². The lowest BCUT2D eigenvalue weighted by Crippen LogP contribution is -2.45. The Morgan fingerprint density at radius 3 is 2.67 bits per heavy atom. The number of hydrogen-bond acceptors (Lipinski definition) is 7. The molecule has 0 unspecified atom stereocenters. The maximum Gasteiger partial charge on any atom is 0.416 e. The summed E-state index contributed by atoms with van der Waals surface area (Å²) in [7, 11) is 0. The average molecular weight is 485 g/mol. The Kier molecular flexibility index (Phi) is 6.52. The molecule has 0 bridgehead atoms. The second kappa shape index (κ2) is 9.21. The SMILES string of the molecule is CCn1c(S[C@H](C)C(=O)N2CC(=O)Nc3cc(C(F)(F)F)ccc32)nnc1N1CCOCC1. The quantitative estimate of drug-likeness (QED) is 0.653. The number of rotatable bonds is 5. The van der Waals surface area contributed by atoms with Crippen LogP contribution in [0.3, 0.4) is 0 Å². The number of ether oxygens (including phenoxy) is 1. The highest BCUT2D eigenvalue weighted by Gasteiger charge is 2.35. The fourth-order valence-corrected chi connectivity index (χ4v) is 4.70. The Labute approximate surface area is 192 Å². The molecule has 4 rings (SSSR count). The van der Waals surface area contributed by atoms with E-state index in [9.17, 15) is 22.8 Å². The number of aromatic nitrogens is 3. The molecule has 178 valence electrons. The average Bonchev–Trinajstić information content (AvgIpc) is 3.19. The number of alkyl halides is 3. The van der Waals surface area contributed by atoms with Crippen LogP contribution in [0.25, 0.3) is 0 Å². The van der Waals surface area contributed by atoms with Crippen LogP contribution in [-0.4, -0.2) is 64.7 Å². The summed E-state index contributed by atoms with van der Waals surface area (Å²) in [5, 5.41) is 10.8. The van der Waals surface area contributed by atoms with Crippen LogP contribution in [0.1, 0.15) is 19.4 Å². The van der Waals surface area contributed by atoms with E-state index in [-0.39, 0.29) is 17.9 Å². The molecule has 2 aliphatic rings. The van der Waals surface area contributed by atoms with Crippen molar-refractivity contribution in [2.45, 2.75) is 37.0 Å². The van der Waals surface area contributed by atoms with Gasteiger partial charge in [-0.15, -0.1) is 10.2 Å². The van der Waals surface area contributed by atoms with Crippen molar-refractivity contribution in [3.05, 3.63) is 23.8 Å². The molecule has 1 fully saturated rings. The summed E-state index contributed by atoms with van der Waals surface area (Å²) in [5.74, 6) is -0.265. The Hall–Kier alpha value is -2.80. The number of nitrogens with zero attached hydrogens (tertiary/aromatic N) is 5. The lowest BCUT2D eigenvalue weighted by atomic mass is 10.1. The molecule has 1 aromatic carbocycles. The first kappa shape index (κ1) is 23.4. The summed E-state index contributed by atoms with van der Waals surface area (Å²) >= 11 is 1.19. The van der Waals surface area contributed by atoms with Gasteiger partial charge in [0.25, 0.3) is 0 Å². The predicted molar refractivity (Wildman–Crippen MR) is 116 cm³/mol. The van der Waals surface area contributed by atoms with E-state index in [2.05, 4.69) is 20.4 Å². The van der Waals surface area contributed by atoms with E-state index in [0.717, 1.165) is 12.1 Å². The number of hydrogen-bond donors (Lipinski definition) is 1. The molecule has 0 radical (unpaired) electrons. The van der Waals surface area contributed by atoms with E-state index in [1.807, 2.05) is 11.5 Å². The number of morpholine rings is 1. The molecular weight excluding hydrogens is 461 g/mol. The molecule has 2 aliphatic heterocycles. The predicted octanol–water partition coefficient (Wildman–Crippen LogP) is 2.62. The summed E-state index contributed by atoms with van der Waals surface area (Å²) in [6, 6.07) is 2.95. The van der Waals surface area contributed by atoms with Crippen molar-refractivity contribution < 1.29 is 27.5 Å². The van der Waals surface area contributed by atoms with Gasteiger partial charge >= 0.3 is 6.18 Å². The fourth-order valence-electron chi connectivity index (χ4n) is 3.73. The minimum atomic E-state index is -4.56. The monoisotopic (exact) mass is 484 g/mol. The number of thioether (sulfide) groups is 1. The van der Waals surface area contributed by atoms with Crippen LogP contribution < -0.4 is 15.1 Å². The third kappa shape index (κ3) is 4.78. The molecule has 0 aliphatic carbocycles. The highest BCUT2D eigenvalue weighted by atomic mass is 32.2. The zero-order chi connectivity index (χ0) is 23.8. The normalized spacial score (nSPS) is 17.5. The standard InChI is InChI=1S/C20H23F3N6O3S/c1-3-28-18(27-6-8-32-9-7-27)25-26-19(28)33-12(2)17(31)29-11-16(30)24-14-10-13(20(21,22)23)4-5-15(14)29/h4-5,10,12H,3,6-9,11H2,1-2H3,(H,24,30)/t12-/m1/s1. The summed E-state index contributed by atoms with van der Waals surface area (Å²) in [6.45, 7) is 6.52. The van der Waals surface area contributed by atoms with Crippen molar-refractivity contribution in [1.82, 2.24) is 14.8 Å². The molecule has 0 spiro atoms. The zero-order valence-corrected chi connectivity index (χ0v) is 18.9. The Morgan fingerprint density at radius 1 is 1.27 bits per heavy atom. The first-order valence-corrected chi connectivity index (χ1v) is 11.3. The molecule has 3 heterocycles. The number of carbonyl (C=O) groups excluding carboxylic acids is 2. The van der Waals surface area contributed by atoms with Gasteiger partial charge in [-0.2, -0.15) is 13.2 Å². The molecule has 33 heavy (non-hydrogen) atoms. The van der Waals surface area contributed by atoms with Gasteiger partial charge in [-0.3, -0.25) is 19.1 Å². The smallest absolute Gasteiger partial charge is 0.378 e. The molecule has 13 heteroatoms. The van der Waals surface area contributed by atoms with Crippen molar-refractivity contribution in [1.29, 1.82) is 0 Å². The molecule has 1 saturated heterocycles. The van der Waals surface area contributed by atoms with Gasteiger partial charge in [0.1, 0.15) is 6.54 Å². The summed E-state index contributed by atoms with van der Waals surface area (Å²) in [4.78, 5) is 28.6. The molecule has 1 N–H and O–H groups in total. The molecule has 1 aromatic heterocycles. The molecule has 2 amide bonds.